The fourth-order valence-corrected chi connectivity index (χ4v) is 2.71. The van der Waals surface area contributed by atoms with Crippen LogP contribution in [0.5, 0.6) is 0 Å². The van der Waals surface area contributed by atoms with Crippen LogP contribution < -0.4 is 15.5 Å². The zero-order chi connectivity index (χ0) is 19.2. The van der Waals surface area contributed by atoms with Crippen molar-refractivity contribution in [2.45, 2.75) is 13.8 Å². The normalized spacial score (nSPS) is 10.5. The van der Waals surface area contributed by atoms with Gasteiger partial charge in [0.15, 0.2) is 0 Å². The molecule has 140 valence electrons. The van der Waals surface area contributed by atoms with Crippen molar-refractivity contribution in [3.63, 3.8) is 0 Å². The lowest BCUT2D eigenvalue weighted by atomic mass is 10.2. The molecule has 3 rings (SSSR count). The molecule has 0 radical (unpaired) electrons. The van der Waals surface area contributed by atoms with E-state index in [0.717, 1.165) is 24.5 Å². The topological polar surface area (TPSA) is 53.1 Å². The van der Waals surface area contributed by atoms with Crippen LogP contribution >= 0.6 is 0 Å². The molecular weight excluding hydrogens is 348 g/mol. The van der Waals surface area contributed by atoms with Gasteiger partial charge in [0.25, 0.3) is 0 Å². The van der Waals surface area contributed by atoms with E-state index in [1.54, 1.807) is 6.07 Å². The van der Waals surface area contributed by atoms with Crippen molar-refractivity contribution in [1.82, 2.24) is 9.97 Å². The molecule has 0 aliphatic rings. The lowest BCUT2D eigenvalue weighted by Crippen LogP contribution is -2.21. The van der Waals surface area contributed by atoms with Crippen LogP contribution in [0, 0.1) is 11.6 Å². The fourth-order valence-electron chi connectivity index (χ4n) is 2.71. The molecule has 0 unspecified atom stereocenters. The zero-order valence-corrected chi connectivity index (χ0v) is 15.2. The summed E-state index contributed by atoms with van der Waals surface area (Å²) in [6.45, 7) is 6.11. The smallest absolute Gasteiger partial charge is 0.229 e. The number of hydrogen-bond acceptors (Lipinski definition) is 5. The van der Waals surface area contributed by atoms with Crippen molar-refractivity contribution in [3.05, 3.63) is 66.4 Å². The highest BCUT2D eigenvalue weighted by Crippen LogP contribution is 2.23. The Morgan fingerprint density at radius 1 is 0.889 bits per heavy atom. The summed E-state index contributed by atoms with van der Waals surface area (Å²) in [4.78, 5) is 10.5. The Morgan fingerprint density at radius 3 is 2.19 bits per heavy atom. The Bertz CT molecular complexity index is 875. The van der Waals surface area contributed by atoms with Crippen molar-refractivity contribution < 1.29 is 8.78 Å². The number of nitrogens with zero attached hydrogens (tertiary/aromatic N) is 3. The highest BCUT2D eigenvalue weighted by atomic mass is 19.1. The number of hydrogen-bond donors (Lipinski definition) is 2. The van der Waals surface area contributed by atoms with Crippen LogP contribution in [0.3, 0.4) is 0 Å². The van der Waals surface area contributed by atoms with Crippen LogP contribution in [0.1, 0.15) is 13.8 Å². The average molecular weight is 369 g/mol. The lowest BCUT2D eigenvalue weighted by Gasteiger charge is -2.21. The molecular formula is C20H21F2N5. The van der Waals surface area contributed by atoms with Crippen molar-refractivity contribution in [2.75, 3.05) is 28.6 Å². The Labute approximate surface area is 157 Å². The predicted molar refractivity (Wildman–Crippen MR) is 105 cm³/mol. The summed E-state index contributed by atoms with van der Waals surface area (Å²) >= 11 is 0. The molecule has 0 aliphatic carbocycles. The first kappa shape index (κ1) is 18.6. The first-order valence-corrected chi connectivity index (χ1v) is 8.76. The molecule has 2 N–H and O–H groups in total. The number of benzene rings is 2. The second-order valence-corrected chi connectivity index (χ2v) is 5.83. The van der Waals surface area contributed by atoms with Crippen molar-refractivity contribution in [3.8, 4) is 0 Å². The molecule has 0 bridgehead atoms. The quantitative estimate of drug-likeness (QED) is 0.608. The fraction of sp³-hybridized carbons (Fsp3) is 0.200. The third kappa shape index (κ3) is 4.49. The van der Waals surface area contributed by atoms with Gasteiger partial charge in [0.1, 0.15) is 23.1 Å². The van der Waals surface area contributed by atoms with E-state index >= 15 is 0 Å². The molecule has 5 nitrogen and oxygen atoms in total. The minimum atomic E-state index is -0.705. The summed E-state index contributed by atoms with van der Waals surface area (Å²) in [5, 5.41) is 5.75. The monoisotopic (exact) mass is 369 g/mol. The highest BCUT2D eigenvalue weighted by molar-refractivity contribution is 5.62. The largest absolute Gasteiger partial charge is 0.372 e. The van der Waals surface area contributed by atoms with E-state index in [1.165, 1.54) is 24.4 Å². The van der Waals surface area contributed by atoms with Crippen LogP contribution in [0.2, 0.25) is 0 Å². The summed E-state index contributed by atoms with van der Waals surface area (Å²) in [6, 6.07) is 13.3. The first-order chi connectivity index (χ1) is 13.1. The maximum atomic E-state index is 13.8. The molecule has 2 aromatic carbocycles. The van der Waals surface area contributed by atoms with E-state index in [0.29, 0.717) is 5.82 Å². The summed E-state index contributed by atoms with van der Waals surface area (Å²) < 4.78 is 27.5. The third-order valence-corrected chi connectivity index (χ3v) is 4.12. The van der Waals surface area contributed by atoms with Crippen LogP contribution in [0.15, 0.2) is 54.7 Å². The molecule has 3 aromatic rings. The van der Waals surface area contributed by atoms with E-state index < -0.39 is 11.6 Å². The van der Waals surface area contributed by atoms with Crippen molar-refractivity contribution in [1.29, 1.82) is 0 Å². The second kappa shape index (κ2) is 8.44. The maximum Gasteiger partial charge on any atom is 0.229 e. The summed E-state index contributed by atoms with van der Waals surface area (Å²) in [5.41, 5.74) is 1.72. The van der Waals surface area contributed by atoms with E-state index in [1.807, 2.05) is 24.3 Å². The molecule has 27 heavy (non-hydrogen) atoms. The number of para-hydroxylation sites is 1. The van der Waals surface area contributed by atoms with Gasteiger partial charge in [0.05, 0.1) is 0 Å². The zero-order valence-electron chi connectivity index (χ0n) is 15.2. The first-order valence-electron chi connectivity index (χ1n) is 8.76. The third-order valence-electron chi connectivity index (χ3n) is 4.12. The number of anilines is 5. The molecule has 0 fully saturated rings. The van der Waals surface area contributed by atoms with Gasteiger partial charge in [-0.3, -0.25) is 0 Å². The molecule has 0 saturated heterocycles. The number of nitrogens with one attached hydrogen (secondary N) is 2. The van der Waals surface area contributed by atoms with Crippen LogP contribution in [-0.2, 0) is 0 Å². The number of halogens is 2. The van der Waals surface area contributed by atoms with Gasteiger partial charge in [-0.15, -0.1) is 0 Å². The molecule has 0 spiro atoms. The average Bonchev–Trinajstić information content (AvgIpc) is 2.67. The highest BCUT2D eigenvalue weighted by Gasteiger charge is 2.10. The number of rotatable bonds is 7. The van der Waals surface area contributed by atoms with Gasteiger partial charge in [0.2, 0.25) is 5.95 Å². The van der Waals surface area contributed by atoms with Crippen molar-refractivity contribution in [2.24, 2.45) is 0 Å². The summed E-state index contributed by atoms with van der Waals surface area (Å²) in [5.74, 6) is -0.795. The molecule has 0 saturated carbocycles. The van der Waals surface area contributed by atoms with Gasteiger partial charge in [-0.05, 0) is 56.3 Å². The van der Waals surface area contributed by atoms with Gasteiger partial charge in [-0.25, -0.2) is 13.8 Å². The van der Waals surface area contributed by atoms with Crippen LogP contribution in [0.25, 0.3) is 0 Å². The predicted octanol–water partition coefficient (Wildman–Crippen LogP) is 5.09. The lowest BCUT2D eigenvalue weighted by molar-refractivity contribution is 0.590. The van der Waals surface area contributed by atoms with E-state index in [2.05, 4.69) is 39.3 Å². The van der Waals surface area contributed by atoms with E-state index in [-0.39, 0.29) is 11.6 Å². The van der Waals surface area contributed by atoms with Crippen molar-refractivity contribution >= 4 is 28.8 Å². The van der Waals surface area contributed by atoms with E-state index in [9.17, 15) is 8.78 Å². The molecule has 0 atom stereocenters. The Morgan fingerprint density at radius 2 is 1.56 bits per heavy atom. The van der Waals surface area contributed by atoms with Gasteiger partial charge in [-0.2, -0.15) is 4.98 Å². The SMILES string of the molecule is CCN(CC)c1ccc(Nc2ccnc(Nc3c(F)cccc3F)n2)cc1. The van der Waals surface area contributed by atoms with Crippen LogP contribution in [-0.4, -0.2) is 23.1 Å². The minimum Gasteiger partial charge on any atom is -0.372 e. The Balaban J connectivity index is 1.74. The van der Waals surface area contributed by atoms with E-state index in [4.69, 9.17) is 0 Å². The molecule has 1 heterocycles. The Hall–Kier alpha value is -3.22. The molecule has 7 heteroatoms. The van der Waals surface area contributed by atoms with Gasteiger partial charge >= 0.3 is 0 Å². The van der Waals surface area contributed by atoms with Gasteiger partial charge in [0, 0.05) is 30.7 Å². The molecule has 0 aliphatic heterocycles. The maximum absolute atomic E-state index is 13.8. The standard InChI is InChI=1S/C20H21F2N5/c1-3-27(4-2)15-10-8-14(9-11-15)24-18-12-13-23-20(25-18)26-19-16(21)6-5-7-17(19)22/h5-13H,3-4H2,1-2H3,(H2,23,24,25,26). The molecule has 1 aromatic heterocycles. The van der Waals surface area contributed by atoms with Gasteiger partial charge < -0.3 is 15.5 Å². The minimum absolute atomic E-state index is 0.101. The Kier molecular flexibility index (Phi) is 5.80. The van der Waals surface area contributed by atoms with Gasteiger partial charge in [-0.1, -0.05) is 6.07 Å². The summed E-state index contributed by atoms with van der Waals surface area (Å²) in [7, 11) is 0. The molecule has 0 amide bonds. The van der Waals surface area contributed by atoms with Crippen LogP contribution in [0.4, 0.5) is 37.6 Å². The number of aromatic nitrogens is 2. The second-order valence-electron chi connectivity index (χ2n) is 5.83. The summed E-state index contributed by atoms with van der Waals surface area (Å²) in [6.07, 6.45) is 1.51.